The third-order valence-corrected chi connectivity index (χ3v) is 2.36. The van der Waals surface area contributed by atoms with Crippen LogP contribution in [0.4, 0.5) is 0 Å². The smallest absolute Gasteiger partial charge is 0.108 e. The monoisotopic (exact) mass is 182 g/mol. The maximum atomic E-state index is 8.78. The van der Waals surface area contributed by atoms with Crippen molar-refractivity contribution in [2.45, 2.75) is 19.6 Å². The van der Waals surface area contributed by atoms with Crippen LogP contribution in [0.1, 0.15) is 12.1 Å². The number of hydrogen-bond donors (Lipinski definition) is 2. The van der Waals surface area contributed by atoms with Crippen LogP contribution in [0.3, 0.4) is 0 Å². The highest BCUT2D eigenvalue weighted by Crippen LogP contribution is 2.09. The number of hydrogen-bond acceptors (Lipinski definition) is 4. The second-order valence-electron chi connectivity index (χ2n) is 3.45. The van der Waals surface area contributed by atoms with Crippen molar-refractivity contribution in [3.63, 3.8) is 0 Å². The molecule has 1 aliphatic heterocycles. The van der Waals surface area contributed by atoms with Gasteiger partial charge in [0.15, 0.2) is 0 Å². The zero-order valence-electron chi connectivity index (χ0n) is 7.48. The third kappa shape index (κ3) is 2.05. The van der Waals surface area contributed by atoms with E-state index in [0.29, 0.717) is 11.6 Å². The van der Waals surface area contributed by atoms with Crippen LogP contribution >= 0.6 is 0 Å². The lowest BCUT2D eigenvalue weighted by atomic mass is 10.1. The van der Waals surface area contributed by atoms with Gasteiger partial charge < -0.3 is 10.4 Å². The van der Waals surface area contributed by atoms with Gasteiger partial charge in [-0.3, -0.25) is 4.68 Å². The minimum Gasteiger partial charge on any atom is -0.390 e. The van der Waals surface area contributed by atoms with E-state index in [-0.39, 0.29) is 6.61 Å². The Bertz CT molecular complexity index is 267. The summed E-state index contributed by atoms with van der Waals surface area (Å²) in [5.74, 6) is 0.660. The van der Waals surface area contributed by atoms with Crippen LogP contribution in [-0.4, -0.2) is 33.2 Å². The van der Waals surface area contributed by atoms with Crippen molar-refractivity contribution in [1.29, 1.82) is 0 Å². The molecule has 1 aliphatic rings. The van der Waals surface area contributed by atoms with E-state index in [0.717, 1.165) is 19.6 Å². The van der Waals surface area contributed by atoms with E-state index in [4.69, 9.17) is 5.11 Å². The fourth-order valence-electron chi connectivity index (χ4n) is 1.64. The minimum absolute atomic E-state index is 0.0249. The first kappa shape index (κ1) is 8.65. The molecule has 1 aromatic rings. The third-order valence-electron chi connectivity index (χ3n) is 2.36. The zero-order chi connectivity index (χ0) is 9.10. The summed E-state index contributed by atoms with van der Waals surface area (Å²) < 4.78 is 1.81. The predicted molar refractivity (Wildman–Crippen MR) is 46.9 cm³/mol. The first-order valence-corrected chi connectivity index (χ1v) is 4.59. The molecule has 2 rings (SSSR count). The molecule has 0 aromatic carbocycles. The topological polar surface area (TPSA) is 63.0 Å². The second kappa shape index (κ2) is 3.85. The highest BCUT2D eigenvalue weighted by atomic mass is 16.3. The molecule has 1 saturated heterocycles. The van der Waals surface area contributed by atoms with Crippen LogP contribution in [-0.2, 0) is 13.2 Å². The minimum atomic E-state index is -0.0249. The lowest BCUT2D eigenvalue weighted by molar-refractivity contribution is 0.276. The quantitative estimate of drug-likeness (QED) is 0.654. The van der Waals surface area contributed by atoms with Gasteiger partial charge >= 0.3 is 0 Å². The normalized spacial score (nSPS) is 22.4. The van der Waals surface area contributed by atoms with Gasteiger partial charge in [0.05, 0.1) is 12.8 Å². The van der Waals surface area contributed by atoms with E-state index in [2.05, 4.69) is 15.6 Å². The summed E-state index contributed by atoms with van der Waals surface area (Å²) in [5.41, 5.74) is 0.644. The summed E-state index contributed by atoms with van der Waals surface area (Å²) >= 11 is 0. The Balaban J connectivity index is 1.92. The van der Waals surface area contributed by atoms with E-state index in [1.165, 1.54) is 6.42 Å². The van der Waals surface area contributed by atoms with Crippen molar-refractivity contribution >= 4 is 0 Å². The van der Waals surface area contributed by atoms with E-state index in [1.807, 2.05) is 4.68 Å². The Kier molecular flexibility index (Phi) is 2.56. The Morgan fingerprint density at radius 1 is 1.69 bits per heavy atom. The lowest BCUT2D eigenvalue weighted by Gasteiger charge is -2.06. The van der Waals surface area contributed by atoms with Crippen LogP contribution in [0, 0.1) is 5.92 Å². The standard InChI is InChI=1S/C8H14N4O/c13-6-8-5-12(11-10-8)4-7-1-2-9-3-7/h5,7,9,13H,1-4,6H2/t7-/m1/s1. The molecule has 5 heteroatoms. The van der Waals surface area contributed by atoms with Gasteiger partial charge in [-0.25, -0.2) is 0 Å². The fraction of sp³-hybridized carbons (Fsp3) is 0.750. The van der Waals surface area contributed by atoms with Crippen LogP contribution in [0.15, 0.2) is 6.20 Å². The molecule has 13 heavy (non-hydrogen) atoms. The molecule has 2 N–H and O–H groups in total. The van der Waals surface area contributed by atoms with Crippen LogP contribution in [0.2, 0.25) is 0 Å². The summed E-state index contributed by atoms with van der Waals surface area (Å²) in [7, 11) is 0. The van der Waals surface area contributed by atoms with Gasteiger partial charge in [-0.15, -0.1) is 5.10 Å². The molecule has 1 fully saturated rings. The molecule has 0 bridgehead atoms. The van der Waals surface area contributed by atoms with Crippen molar-refractivity contribution in [2.24, 2.45) is 5.92 Å². The van der Waals surface area contributed by atoms with Gasteiger partial charge in [0.2, 0.25) is 0 Å². The summed E-state index contributed by atoms with van der Waals surface area (Å²) in [4.78, 5) is 0. The van der Waals surface area contributed by atoms with Crippen LogP contribution in [0.25, 0.3) is 0 Å². The average Bonchev–Trinajstić information content (AvgIpc) is 2.76. The number of aliphatic hydroxyl groups excluding tert-OH is 1. The molecule has 0 amide bonds. The molecule has 1 aromatic heterocycles. The van der Waals surface area contributed by atoms with Crippen molar-refractivity contribution in [3.8, 4) is 0 Å². The van der Waals surface area contributed by atoms with E-state index in [1.54, 1.807) is 6.20 Å². The summed E-state index contributed by atoms with van der Waals surface area (Å²) in [6, 6.07) is 0. The van der Waals surface area contributed by atoms with Gasteiger partial charge in [-0.05, 0) is 25.4 Å². The van der Waals surface area contributed by atoms with Gasteiger partial charge in [-0.1, -0.05) is 5.21 Å². The van der Waals surface area contributed by atoms with Crippen molar-refractivity contribution in [2.75, 3.05) is 13.1 Å². The highest BCUT2D eigenvalue weighted by Gasteiger charge is 2.15. The maximum absolute atomic E-state index is 8.78. The Hall–Kier alpha value is -0.940. The SMILES string of the molecule is OCc1cn(C[C@@H]2CCNC2)nn1. The lowest BCUT2D eigenvalue weighted by Crippen LogP contribution is -2.14. The summed E-state index contributed by atoms with van der Waals surface area (Å²) in [6.07, 6.45) is 3.01. The first-order valence-electron chi connectivity index (χ1n) is 4.59. The van der Waals surface area contributed by atoms with Gasteiger partial charge in [0.1, 0.15) is 5.69 Å². The molecule has 72 valence electrons. The average molecular weight is 182 g/mol. The number of nitrogens with one attached hydrogen (secondary N) is 1. The molecule has 2 heterocycles. The molecule has 1 atom stereocenters. The number of aliphatic hydroxyl groups is 1. The largest absolute Gasteiger partial charge is 0.390 e. The Labute approximate surface area is 76.8 Å². The molecule has 5 nitrogen and oxygen atoms in total. The highest BCUT2D eigenvalue weighted by molar-refractivity contribution is 4.89. The second-order valence-corrected chi connectivity index (χ2v) is 3.45. The van der Waals surface area contributed by atoms with Gasteiger partial charge in [0, 0.05) is 6.54 Å². The zero-order valence-corrected chi connectivity index (χ0v) is 7.48. The van der Waals surface area contributed by atoms with Crippen molar-refractivity contribution in [3.05, 3.63) is 11.9 Å². The Morgan fingerprint density at radius 3 is 3.23 bits per heavy atom. The van der Waals surface area contributed by atoms with E-state index < -0.39 is 0 Å². The summed E-state index contributed by atoms with van der Waals surface area (Å²) in [6.45, 7) is 3.05. The maximum Gasteiger partial charge on any atom is 0.108 e. The number of aromatic nitrogens is 3. The van der Waals surface area contributed by atoms with E-state index in [9.17, 15) is 0 Å². The van der Waals surface area contributed by atoms with Crippen LogP contribution in [0.5, 0.6) is 0 Å². The molecule has 0 unspecified atom stereocenters. The molecular weight excluding hydrogens is 168 g/mol. The van der Waals surface area contributed by atoms with E-state index >= 15 is 0 Å². The molecular formula is C8H14N4O. The molecule has 0 aliphatic carbocycles. The molecule has 0 saturated carbocycles. The predicted octanol–water partition coefficient (Wildman–Crippen LogP) is -0.620. The Morgan fingerprint density at radius 2 is 2.62 bits per heavy atom. The molecule has 0 spiro atoms. The van der Waals surface area contributed by atoms with Crippen molar-refractivity contribution < 1.29 is 5.11 Å². The first-order chi connectivity index (χ1) is 6.38. The van der Waals surface area contributed by atoms with Gasteiger partial charge in [-0.2, -0.15) is 0 Å². The van der Waals surface area contributed by atoms with Crippen LogP contribution < -0.4 is 5.32 Å². The summed E-state index contributed by atoms with van der Waals surface area (Å²) in [5, 5.41) is 19.8. The molecule has 0 radical (unpaired) electrons. The number of nitrogens with zero attached hydrogens (tertiary/aromatic N) is 3. The fourth-order valence-corrected chi connectivity index (χ4v) is 1.64. The number of rotatable bonds is 3. The van der Waals surface area contributed by atoms with Gasteiger partial charge in [0.25, 0.3) is 0 Å². The van der Waals surface area contributed by atoms with Crippen molar-refractivity contribution in [1.82, 2.24) is 20.3 Å².